The Morgan fingerprint density at radius 3 is 2.33 bits per heavy atom. The molecule has 176 valence electrons. The van der Waals surface area contributed by atoms with E-state index >= 15 is 0 Å². The first-order valence-corrected chi connectivity index (χ1v) is 10.2. The zero-order valence-corrected chi connectivity index (χ0v) is 18.0. The first-order chi connectivity index (χ1) is 15.6. The van der Waals surface area contributed by atoms with Gasteiger partial charge in [-0.3, -0.25) is 15.0 Å². The Hall–Kier alpha value is -4.15. The fourth-order valence-corrected chi connectivity index (χ4v) is 2.96. The number of nitrogens with one attached hydrogen (secondary N) is 2. The molecule has 1 aromatic carbocycles. The summed E-state index contributed by atoms with van der Waals surface area (Å²) in [7, 11) is 0. The molecule has 2 rings (SSSR count). The second-order valence-electron chi connectivity index (χ2n) is 7.31. The molecule has 1 unspecified atom stereocenters. The van der Waals surface area contributed by atoms with Gasteiger partial charge in [0.25, 0.3) is 0 Å². The Morgan fingerprint density at radius 1 is 1.12 bits per heavy atom. The number of carboxylic acid groups (broad SMARTS) is 1. The van der Waals surface area contributed by atoms with Gasteiger partial charge < -0.3 is 31.0 Å². The Morgan fingerprint density at radius 2 is 1.79 bits per heavy atom. The molecule has 0 aliphatic rings. The highest BCUT2D eigenvalue weighted by Crippen LogP contribution is 2.19. The minimum absolute atomic E-state index is 0.0687. The molecule has 0 saturated carbocycles. The van der Waals surface area contributed by atoms with Crippen LogP contribution in [0.5, 0.6) is 5.75 Å². The monoisotopic (exact) mass is 458 g/mol. The summed E-state index contributed by atoms with van der Waals surface area (Å²) in [5, 5.41) is 19.0. The molecule has 11 heteroatoms. The highest BCUT2D eigenvalue weighted by molar-refractivity contribution is 5.95. The van der Waals surface area contributed by atoms with Crippen molar-refractivity contribution in [1.29, 1.82) is 5.41 Å². The molecule has 33 heavy (non-hydrogen) atoms. The smallest absolute Gasteiger partial charge is 0.379 e. The number of hydrogen-bond donors (Lipinski definition) is 5. The van der Waals surface area contributed by atoms with Crippen LogP contribution < -0.4 is 21.5 Å². The van der Waals surface area contributed by atoms with Crippen LogP contribution in [0.3, 0.4) is 0 Å². The number of hydrogen-bond acceptors (Lipinski definition) is 7. The summed E-state index contributed by atoms with van der Waals surface area (Å²) in [4.78, 5) is 47.1. The van der Waals surface area contributed by atoms with Crippen LogP contribution in [-0.2, 0) is 20.8 Å². The molecule has 7 N–H and O–H groups in total. The third-order valence-corrected chi connectivity index (χ3v) is 4.84. The molecular formula is C22H26N4O7. The van der Waals surface area contributed by atoms with E-state index in [2.05, 4.69) is 5.32 Å². The molecule has 1 aromatic heterocycles. The number of aliphatic carboxylic acids is 1. The molecule has 2 aromatic rings. The number of carbonyl (C=O) groups is 4. The fourth-order valence-electron chi connectivity index (χ4n) is 2.96. The molecule has 0 aliphatic heterocycles. The van der Waals surface area contributed by atoms with Gasteiger partial charge >= 0.3 is 11.9 Å². The van der Waals surface area contributed by atoms with Crippen molar-refractivity contribution in [3.05, 3.63) is 53.5 Å². The van der Waals surface area contributed by atoms with Gasteiger partial charge in [-0.25, -0.2) is 9.59 Å². The Balaban J connectivity index is 1.99. The highest BCUT2D eigenvalue weighted by Gasteiger charge is 2.26. The number of rotatable bonds is 12. The second kappa shape index (κ2) is 11.5. The first kappa shape index (κ1) is 25.1. The lowest BCUT2D eigenvalue weighted by atomic mass is 9.99. The van der Waals surface area contributed by atoms with E-state index in [-0.39, 0.29) is 36.6 Å². The maximum Gasteiger partial charge on any atom is 0.379 e. The van der Waals surface area contributed by atoms with Crippen molar-refractivity contribution in [2.24, 2.45) is 17.4 Å². The maximum atomic E-state index is 12.5. The van der Waals surface area contributed by atoms with Crippen LogP contribution in [0.15, 0.2) is 40.8 Å². The molecule has 0 spiro atoms. The lowest BCUT2D eigenvalue weighted by molar-refractivity contribution is -0.142. The number of nitrogens with two attached hydrogens (primary N) is 2. The van der Waals surface area contributed by atoms with Crippen molar-refractivity contribution in [3.8, 4) is 5.75 Å². The molecule has 0 saturated heterocycles. The first-order valence-electron chi connectivity index (χ1n) is 10.2. The summed E-state index contributed by atoms with van der Waals surface area (Å²) < 4.78 is 10.7. The zero-order chi connectivity index (χ0) is 24.5. The molecule has 0 aliphatic carbocycles. The van der Waals surface area contributed by atoms with Gasteiger partial charge in [0.1, 0.15) is 23.4 Å². The van der Waals surface area contributed by atoms with E-state index in [1.807, 2.05) is 0 Å². The summed E-state index contributed by atoms with van der Waals surface area (Å²) in [6, 6.07) is 7.77. The molecule has 1 heterocycles. The van der Waals surface area contributed by atoms with Gasteiger partial charge in [0, 0.05) is 24.3 Å². The normalized spacial score (nSPS) is 12.4. The van der Waals surface area contributed by atoms with Crippen molar-refractivity contribution in [3.63, 3.8) is 0 Å². The van der Waals surface area contributed by atoms with Gasteiger partial charge in [0.2, 0.25) is 17.6 Å². The van der Waals surface area contributed by atoms with E-state index < -0.39 is 35.7 Å². The van der Waals surface area contributed by atoms with Gasteiger partial charge in [-0.05, 0) is 49.2 Å². The van der Waals surface area contributed by atoms with E-state index in [1.165, 1.54) is 36.4 Å². The van der Waals surface area contributed by atoms with Crippen molar-refractivity contribution in [2.45, 2.75) is 38.6 Å². The van der Waals surface area contributed by atoms with Gasteiger partial charge in [0.15, 0.2) is 0 Å². The van der Waals surface area contributed by atoms with Crippen LogP contribution in [0.2, 0.25) is 0 Å². The predicted molar refractivity (Wildman–Crippen MR) is 117 cm³/mol. The topological polar surface area (TPSA) is 199 Å². The van der Waals surface area contributed by atoms with E-state index in [9.17, 15) is 24.3 Å². The number of benzene rings is 1. The lowest BCUT2D eigenvalue weighted by Gasteiger charge is -2.18. The number of primary amides is 1. The Bertz CT molecular complexity index is 1030. The number of ether oxygens (including phenoxy) is 1. The summed E-state index contributed by atoms with van der Waals surface area (Å²) in [6.07, 6.45) is 0.230. The summed E-state index contributed by atoms with van der Waals surface area (Å²) in [5.74, 6) is -3.39. The number of furan rings is 1. The number of esters is 1. The average Bonchev–Trinajstić information content (AvgIpc) is 3.23. The zero-order valence-electron chi connectivity index (χ0n) is 18.0. The summed E-state index contributed by atoms with van der Waals surface area (Å²) >= 11 is 0. The molecule has 2 atom stereocenters. The number of nitrogen functional groups attached to an aromatic ring is 1. The van der Waals surface area contributed by atoms with Gasteiger partial charge in [0.05, 0.1) is 0 Å². The van der Waals surface area contributed by atoms with E-state index in [0.717, 1.165) is 0 Å². The van der Waals surface area contributed by atoms with Crippen LogP contribution >= 0.6 is 0 Å². The standard InChI is InChI=1S/C22H26N4O7/c1-2-12(20(28)26-16(21(29)30)8-10-18(23)27)11-15-7-9-17(32-15)22(31)33-14-5-3-13(4-6-14)19(24)25/h3-7,9,12,16H,2,8,10-11H2,1H3,(H2,23,27)(H3,24,25)(H,26,28)(H,29,30)/t12?,16-/m1/s1. The molecule has 2 amide bonds. The Kier molecular flexibility index (Phi) is 8.72. The number of amidine groups is 1. The SMILES string of the molecule is CCC(Cc1ccc(C(=O)Oc2ccc(C(=N)N)cc2)o1)C(=O)N[C@H](CCC(N)=O)C(=O)O. The summed E-state index contributed by atoms with van der Waals surface area (Å²) in [5.41, 5.74) is 10.9. The number of carbonyl (C=O) groups excluding carboxylic acids is 3. The third kappa shape index (κ3) is 7.49. The maximum absolute atomic E-state index is 12.5. The van der Waals surface area contributed by atoms with Crippen LogP contribution in [0.1, 0.15) is 48.1 Å². The van der Waals surface area contributed by atoms with Crippen LogP contribution in [0.4, 0.5) is 0 Å². The van der Waals surface area contributed by atoms with E-state index in [4.69, 9.17) is 26.0 Å². The molecular weight excluding hydrogens is 432 g/mol. The van der Waals surface area contributed by atoms with Gasteiger partial charge in [-0.2, -0.15) is 0 Å². The van der Waals surface area contributed by atoms with Crippen molar-refractivity contribution in [2.75, 3.05) is 0 Å². The van der Waals surface area contributed by atoms with Crippen molar-refractivity contribution in [1.82, 2.24) is 5.32 Å². The van der Waals surface area contributed by atoms with E-state index in [1.54, 1.807) is 6.92 Å². The average molecular weight is 458 g/mol. The van der Waals surface area contributed by atoms with Gasteiger partial charge in [-0.15, -0.1) is 0 Å². The molecule has 11 nitrogen and oxygen atoms in total. The largest absolute Gasteiger partial charge is 0.480 e. The second-order valence-corrected chi connectivity index (χ2v) is 7.31. The molecule has 0 radical (unpaired) electrons. The minimum atomic E-state index is -1.26. The Labute approximate surface area is 189 Å². The molecule has 0 bridgehead atoms. The van der Waals surface area contributed by atoms with Crippen molar-refractivity contribution < 1.29 is 33.4 Å². The lowest BCUT2D eigenvalue weighted by Crippen LogP contribution is -2.44. The fraction of sp³-hybridized carbons (Fsp3) is 0.318. The number of carboxylic acids is 1. The van der Waals surface area contributed by atoms with E-state index in [0.29, 0.717) is 17.7 Å². The van der Waals surface area contributed by atoms with Crippen LogP contribution in [-0.4, -0.2) is 40.7 Å². The van der Waals surface area contributed by atoms with Crippen LogP contribution in [0.25, 0.3) is 0 Å². The predicted octanol–water partition coefficient (Wildman–Crippen LogP) is 1.19. The summed E-state index contributed by atoms with van der Waals surface area (Å²) in [6.45, 7) is 1.76. The van der Waals surface area contributed by atoms with Gasteiger partial charge in [-0.1, -0.05) is 6.92 Å². The molecule has 0 fully saturated rings. The highest BCUT2D eigenvalue weighted by atomic mass is 16.5. The minimum Gasteiger partial charge on any atom is -0.480 e. The van der Waals surface area contributed by atoms with Crippen molar-refractivity contribution >= 4 is 29.6 Å². The quantitative estimate of drug-likeness (QED) is 0.135. The number of amides is 2. The third-order valence-electron chi connectivity index (χ3n) is 4.84. The van der Waals surface area contributed by atoms with Crippen LogP contribution in [0, 0.1) is 11.3 Å².